The van der Waals surface area contributed by atoms with E-state index in [0.29, 0.717) is 56.4 Å². The highest BCUT2D eigenvalue weighted by molar-refractivity contribution is 5.84. The molecule has 0 radical (unpaired) electrons. The minimum atomic E-state index is -0.514. The summed E-state index contributed by atoms with van der Waals surface area (Å²) in [7, 11) is 0. The molecule has 3 aromatic heterocycles. The Bertz CT molecular complexity index is 1290. The third kappa shape index (κ3) is 5.29. The van der Waals surface area contributed by atoms with Gasteiger partial charge in [0.05, 0.1) is 30.7 Å². The van der Waals surface area contributed by atoms with Crippen LogP contribution in [0.5, 0.6) is 0 Å². The first-order chi connectivity index (χ1) is 17.7. The fraction of sp³-hybridized carbons (Fsp3) is 0.480. The lowest BCUT2D eigenvalue weighted by atomic mass is 10.2. The lowest BCUT2D eigenvalue weighted by Crippen LogP contribution is -2.50. The summed E-state index contributed by atoms with van der Waals surface area (Å²) < 4.78 is 7.37. The summed E-state index contributed by atoms with van der Waals surface area (Å²) in [5, 5.41) is 12.5. The second-order valence-electron chi connectivity index (χ2n) is 10.2. The first-order valence-electron chi connectivity index (χ1n) is 12.4. The van der Waals surface area contributed by atoms with Crippen molar-refractivity contribution >= 4 is 29.3 Å². The molecule has 12 heteroatoms. The van der Waals surface area contributed by atoms with Crippen molar-refractivity contribution in [1.29, 1.82) is 0 Å². The quantitative estimate of drug-likeness (QED) is 0.535. The van der Waals surface area contributed by atoms with Gasteiger partial charge in [0.1, 0.15) is 11.4 Å². The van der Waals surface area contributed by atoms with Crippen LogP contribution in [0.1, 0.15) is 26.5 Å². The Hall–Kier alpha value is -3.93. The molecule has 0 saturated carbocycles. The molecule has 3 aromatic rings. The lowest BCUT2D eigenvalue weighted by molar-refractivity contribution is -0.120. The molecule has 0 aromatic carbocycles. The lowest BCUT2D eigenvalue weighted by Gasteiger charge is -2.36. The number of aliphatic hydroxyl groups excluding tert-OH is 1. The van der Waals surface area contributed by atoms with Gasteiger partial charge in [0, 0.05) is 57.2 Å². The number of aliphatic hydroxyl groups is 1. The van der Waals surface area contributed by atoms with Crippen molar-refractivity contribution in [3.8, 4) is 11.3 Å². The zero-order valence-corrected chi connectivity index (χ0v) is 21.3. The molecular formula is C25H32N8O4. The molecule has 0 aliphatic carbocycles. The molecule has 0 unspecified atom stereocenters. The van der Waals surface area contributed by atoms with E-state index in [2.05, 4.69) is 25.2 Å². The Kier molecular flexibility index (Phi) is 6.59. The highest BCUT2D eigenvalue weighted by Gasteiger charge is 2.27. The molecule has 196 valence electrons. The number of piperazine rings is 2. The molecular weight excluding hydrogens is 476 g/mol. The van der Waals surface area contributed by atoms with E-state index in [1.165, 1.54) is 0 Å². The molecule has 2 aliphatic rings. The maximum Gasteiger partial charge on any atom is 0.410 e. The molecule has 5 rings (SSSR count). The number of hydrogen-bond donors (Lipinski definition) is 2. The summed E-state index contributed by atoms with van der Waals surface area (Å²) in [6.45, 7) is 9.24. The van der Waals surface area contributed by atoms with Crippen molar-refractivity contribution in [3.63, 3.8) is 0 Å². The van der Waals surface area contributed by atoms with E-state index in [1.807, 2.05) is 42.2 Å². The van der Waals surface area contributed by atoms with Crippen molar-refractivity contribution in [1.82, 2.24) is 29.6 Å². The van der Waals surface area contributed by atoms with Crippen LogP contribution in [-0.4, -0.2) is 92.8 Å². The zero-order valence-electron chi connectivity index (χ0n) is 21.3. The highest BCUT2D eigenvalue weighted by atomic mass is 16.6. The van der Waals surface area contributed by atoms with Gasteiger partial charge in [0.25, 0.3) is 0 Å². The Morgan fingerprint density at radius 1 is 1.08 bits per heavy atom. The number of carbonyl (C=O) groups excluding carboxylic acids is 2. The van der Waals surface area contributed by atoms with Crippen LogP contribution < -0.4 is 15.1 Å². The van der Waals surface area contributed by atoms with Crippen LogP contribution in [0.4, 0.5) is 16.4 Å². The largest absolute Gasteiger partial charge is 0.444 e. The summed E-state index contributed by atoms with van der Waals surface area (Å²) in [6, 6.07) is 3.93. The number of imidazole rings is 1. The molecule has 5 heterocycles. The molecule has 0 spiro atoms. The Morgan fingerprint density at radius 3 is 2.51 bits per heavy atom. The second-order valence-corrected chi connectivity index (χ2v) is 10.2. The molecule has 2 aliphatic heterocycles. The zero-order chi connectivity index (χ0) is 26.2. The third-order valence-corrected chi connectivity index (χ3v) is 6.32. The minimum absolute atomic E-state index is 0.0593. The molecule has 2 amide bonds. The number of anilines is 2. The van der Waals surface area contributed by atoms with Gasteiger partial charge in [-0.2, -0.15) is 0 Å². The number of carbonyl (C=O) groups is 2. The minimum Gasteiger partial charge on any atom is -0.444 e. The van der Waals surface area contributed by atoms with Crippen LogP contribution in [-0.2, 0) is 16.1 Å². The first-order valence-corrected chi connectivity index (χ1v) is 12.4. The van der Waals surface area contributed by atoms with Gasteiger partial charge in [-0.15, -0.1) is 0 Å². The average molecular weight is 509 g/mol. The molecule has 2 saturated heterocycles. The van der Waals surface area contributed by atoms with Crippen LogP contribution in [0, 0.1) is 0 Å². The highest BCUT2D eigenvalue weighted by Crippen LogP contribution is 2.27. The third-order valence-electron chi connectivity index (χ3n) is 6.32. The summed E-state index contributed by atoms with van der Waals surface area (Å²) in [5.74, 6) is 1.37. The van der Waals surface area contributed by atoms with Gasteiger partial charge in [-0.25, -0.2) is 19.7 Å². The standard InChI is InChI=1S/C25H32N8O4/c1-25(2,3)37-24(36)31-10-8-30(9-11-31)20-5-4-17(12-27-20)19-13-28-22(32-7-6-26-21(35)15-32)23-29-18(16-34)14-33(19)23/h4-5,12-14,34H,6-11,15-16H2,1-3H3,(H,26,35). The number of fused-ring (bicyclic) bond motifs is 1. The topological polar surface area (TPSA) is 128 Å². The van der Waals surface area contributed by atoms with Gasteiger partial charge >= 0.3 is 6.09 Å². The van der Waals surface area contributed by atoms with E-state index in [0.717, 1.165) is 17.1 Å². The summed E-state index contributed by atoms with van der Waals surface area (Å²) in [4.78, 5) is 43.9. The van der Waals surface area contributed by atoms with Crippen LogP contribution in [0.2, 0.25) is 0 Å². The second kappa shape index (κ2) is 9.85. The van der Waals surface area contributed by atoms with Gasteiger partial charge in [-0.05, 0) is 32.9 Å². The number of hydrogen-bond acceptors (Lipinski definition) is 9. The van der Waals surface area contributed by atoms with Crippen molar-refractivity contribution in [2.45, 2.75) is 33.0 Å². The molecule has 2 N–H and O–H groups in total. The molecule has 0 bridgehead atoms. The number of nitrogens with one attached hydrogen (secondary N) is 1. The Balaban J connectivity index is 1.34. The van der Waals surface area contributed by atoms with Crippen molar-refractivity contribution in [2.24, 2.45) is 0 Å². The SMILES string of the molecule is CC(C)(C)OC(=O)N1CCN(c2ccc(-c3cnc(N4CCNC(=O)C4)c4nc(CO)cn34)cn2)CC1. The van der Waals surface area contributed by atoms with Crippen molar-refractivity contribution in [3.05, 3.63) is 36.4 Å². The van der Waals surface area contributed by atoms with Gasteiger partial charge in [-0.3, -0.25) is 9.20 Å². The normalized spacial score (nSPS) is 16.8. The molecule has 0 atom stereocenters. The number of aromatic nitrogens is 4. The maximum atomic E-state index is 12.3. The number of rotatable bonds is 4. The maximum absolute atomic E-state index is 12.3. The number of nitrogens with zero attached hydrogens (tertiary/aromatic N) is 7. The van der Waals surface area contributed by atoms with Crippen LogP contribution >= 0.6 is 0 Å². The van der Waals surface area contributed by atoms with Gasteiger partial charge < -0.3 is 29.9 Å². The smallest absolute Gasteiger partial charge is 0.410 e. The summed E-state index contributed by atoms with van der Waals surface area (Å²) >= 11 is 0. The Labute approximate surface area is 214 Å². The predicted molar refractivity (Wildman–Crippen MR) is 137 cm³/mol. The van der Waals surface area contributed by atoms with Gasteiger partial charge in [0.2, 0.25) is 5.91 Å². The molecule has 12 nitrogen and oxygen atoms in total. The number of pyridine rings is 1. The molecule has 37 heavy (non-hydrogen) atoms. The molecule has 2 fully saturated rings. The van der Waals surface area contributed by atoms with E-state index in [4.69, 9.17) is 4.74 Å². The summed E-state index contributed by atoms with van der Waals surface area (Å²) in [6.07, 6.45) is 5.03. The monoisotopic (exact) mass is 508 g/mol. The van der Waals surface area contributed by atoms with Gasteiger partial charge in [-0.1, -0.05) is 0 Å². The Morgan fingerprint density at radius 2 is 1.86 bits per heavy atom. The van der Waals surface area contributed by atoms with E-state index in [9.17, 15) is 14.7 Å². The van der Waals surface area contributed by atoms with E-state index in [-0.39, 0.29) is 25.2 Å². The number of amides is 2. The van der Waals surface area contributed by atoms with Crippen molar-refractivity contribution < 1.29 is 19.4 Å². The van der Waals surface area contributed by atoms with Crippen LogP contribution in [0.25, 0.3) is 16.9 Å². The summed E-state index contributed by atoms with van der Waals surface area (Å²) in [5.41, 5.74) is 2.21. The average Bonchev–Trinajstić information content (AvgIpc) is 3.32. The van der Waals surface area contributed by atoms with Crippen LogP contribution in [0.15, 0.2) is 30.7 Å². The first kappa shape index (κ1) is 24.8. The van der Waals surface area contributed by atoms with E-state index < -0.39 is 5.60 Å². The van der Waals surface area contributed by atoms with Crippen LogP contribution in [0.3, 0.4) is 0 Å². The van der Waals surface area contributed by atoms with E-state index >= 15 is 0 Å². The van der Waals surface area contributed by atoms with Gasteiger partial charge in [0.15, 0.2) is 11.5 Å². The fourth-order valence-corrected chi connectivity index (χ4v) is 4.51. The fourth-order valence-electron chi connectivity index (χ4n) is 4.51. The van der Waals surface area contributed by atoms with E-state index in [1.54, 1.807) is 23.5 Å². The van der Waals surface area contributed by atoms with Crippen molar-refractivity contribution in [2.75, 3.05) is 55.6 Å². The number of ether oxygens (including phenoxy) is 1. The predicted octanol–water partition coefficient (Wildman–Crippen LogP) is 1.28.